The molecule has 1 amide bonds. The molecule has 0 unspecified atom stereocenters. The fourth-order valence-electron chi connectivity index (χ4n) is 1.69. The van der Waals surface area contributed by atoms with Gasteiger partial charge in [-0.2, -0.15) is 8.42 Å². The molecular weight excluding hydrogens is 354 g/mol. The number of hydrogen-bond acceptors (Lipinski definition) is 5. The van der Waals surface area contributed by atoms with Crippen molar-refractivity contribution in [2.45, 2.75) is 64.2 Å². The molecule has 0 aromatic carbocycles. The SMILES string of the molecule is C=CCCCCCCCCC(=O)NS(=O)(=O)O.O=C(O)CCC(=O)O. The van der Waals surface area contributed by atoms with Crippen LogP contribution in [0.15, 0.2) is 12.7 Å². The summed E-state index contributed by atoms with van der Waals surface area (Å²) in [5, 5.41) is 15.8. The fraction of sp³-hybridized carbons (Fsp3) is 0.667. The van der Waals surface area contributed by atoms with E-state index in [1.165, 1.54) is 4.72 Å². The number of hydrogen-bond donors (Lipinski definition) is 4. The van der Waals surface area contributed by atoms with Crippen LogP contribution in [-0.2, 0) is 24.7 Å². The largest absolute Gasteiger partial charge is 0.481 e. The Morgan fingerprint density at radius 1 is 0.840 bits per heavy atom. The van der Waals surface area contributed by atoms with Crippen molar-refractivity contribution in [3.05, 3.63) is 12.7 Å². The molecule has 9 nitrogen and oxygen atoms in total. The molecule has 10 heteroatoms. The summed E-state index contributed by atoms with van der Waals surface area (Å²) in [6.45, 7) is 3.64. The second-order valence-electron chi connectivity index (χ2n) is 5.24. The molecule has 0 aliphatic carbocycles. The van der Waals surface area contributed by atoms with Gasteiger partial charge in [-0.3, -0.25) is 18.9 Å². The van der Waals surface area contributed by atoms with E-state index < -0.39 is 28.1 Å². The van der Waals surface area contributed by atoms with E-state index in [0.29, 0.717) is 6.42 Å². The molecule has 0 aliphatic heterocycles. The molecule has 146 valence electrons. The van der Waals surface area contributed by atoms with Gasteiger partial charge < -0.3 is 10.2 Å². The first-order chi connectivity index (χ1) is 11.6. The van der Waals surface area contributed by atoms with E-state index in [2.05, 4.69) is 6.58 Å². The molecule has 0 fully saturated rings. The van der Waals surface area contributed by atoms with Gasteiger partial charge in [0, 0.05) is 6.42 Å². The van der Waals surface area contributed by atoms with Gasteiger partial charge in [-0.15, -0.1) is 6.58 Å². The number of nitrogens with one attached hydrogen (secondary N) is 1. The second kappa shape index (κ2) is 15.6. The quantitative estimate of drug-likeness (QED) is 0.214. The van der Waals surface area contributed by atoms with Crippen LogP contribution < -0.4 is 4.72 Å². The van der Waals surface area contributed by atoms with Crippen LogP contribution in [0.5, 0.6) is 0 Å². The van der Waals surface area contributed by atoms with Crippen molar-refractivity contribution >= 4 is 28.1 Å². The normalized spacial score (nSPS) is 10.3. The van der Waals surface area contributed by atoms with Crippen molar-refractivity contribution in [2.75, 3.05) is 0 Å². The maximum Gasteiger partial charge on any atom is 0.359 e. The van der Waals surface area contributed by atoms with E-state index in [1.54, 1.807) is 0 Å². The summed E-state index contributed by atoms with van der Waals surface area (Å²) >= 11 is 0. The van der Waals surface area contributed by atoms with Crippen molar-refractivity contribution in [1.82, 2.24) is 4.72 Å². The Balaban J connectivity index is 0. The fourth-order valence-corrected chi connectivity index (χ4v) is 2.08. The van der Waals surface area contributed by atoms with Crippen LogP contribution in [0.25, 0.3) is 0 Å². The molecule has 0 radical (unpaired) electrons. The summed E-state index contributed by atoms with van der Waals surface area (Å²) in [5.41, 5.74) is 0. The van der Waals surface area contributed by atoms with E-state index in [1.807, 2.05) is 6.08 Å². The van der Waals surface area contributed by atoms with Gasteiger partial charge in [0.05, 0.1) is 12.8 Å². The maximum atomic E-state index is 11.0. The number of carbonyl (C=O) groups is 3. The van der Waals surface area contributed by atoms with Crippen molar-refractivity contribution in [3.8, 4) is 0 Å². The van der Waals surface area contributed by atoms with Crippen molar-refractivity contribution in [1.29, 1.82) is 0 Å². The molecule has 0 spiro atoms. The topological polar surface area (TPSA) is 158 Å². The zero-order chi connectivity index (χ0) is 19.7. The summed E-state index contributed by atoms with van der Waals surface area (Å²) in [5.74, 6) is -2.81. The summed E-state index contributed by atoms with van der Waals surface area (Å²) in [4.78, 5) is 30.3. The van der Waals surface area contributed by atoms with Crippen LogP contribution in [0.3, 0.4) is 0 Å². The highest BCUT2D eigenvalue weighted by molar-refractivity contribution is 7.84. The third-order valence-electron chi connectivity index (χ3n) is 2.86. The highest BCUT2D eigenvalue weighted by atomic mass is 32.2. The predicted molar refractivity (Wildman–Crippen MR) is 91.3 cm³/mol. The third-order valence-corrected chi connectivity index (χ3v) is 3.34. The third kappa shape index (κ3) is 27.2. The lowest BCUT2D eigenvalue weighted by Crippen LogP contribution is -2.29. The Hall–Kier alpha value is -1.94. The average molecular weight is 381 g/mol. The lowest BCUT2D eigenvalue weighted by Gasteiger charge is -2.02. The first kappa shape index (κ1) is 25.3. The smallest absolute Gasteiger partial charge is 0.359 e. The number of carboxylic acids is 2. The first-order valence-corrected chi connectivity index (χ1v) is 9.35. The van der Waals surface area contributed by atoms with Crippen LogP contribution in [-0.4, -0.2) is 41.0 Å². The van der Waals surface area contributed by atoms with E-state index in [-0.39, 0.29) is 19.3 Å². The number of carboxylic acid groups (broad SMARTS) is 2. The molecule has 0 aliphatic rings. The molecule has 0 saturated heterocycles. The zero-order valence-electron chi connectivity index (χ0n) is 14.1. The van der Waals surface area contributed by atoms with E-state index in [4.69, 9.17) is 14.8 Å². The summed E-state index contributed by atoms with van der Waals surface area (Å²) in [6, 6.07) is 0. The molecule has 0 heterocycles. The Kier molecular flexibility index (Phi) is 15.8. The number of rotatable bonds is 13. The van der Waals surface area contributed by atoms with Crippen LogP contribution in [0, 0.1) is 0 Å². The molecule has 0 aromatic rings. The molecule has 0 aromatic heterocycles. The number of unbranched alkanes of at least 4 members (excludes halogenated alkanes) is 6. The lowest BCUT2D eigenvalue weighted by molar-refractivity contribution is -0.143. The Labute approximate surface area is 148 Å². The molecule has 25 heavy (non-hydrogen) atoms. The maximum absolute atomic E-state index is 11.0. The predicted octanol–water partition coefficient (Wildman–Crippen LogP) is 2.15. The van der Waals surface area contributed by atoms with Gasteiger partial charge in [0.2, 0.25) is 5.91 Å². The van der Waals surface area contributed by atoms with Gasteiger partial charge in [-0.25, -0.2) is 4.72 Å². The summed E-state index contributed by atoms with van der Waals surface area (Å²) in [7, 11) is -4.39. The van der Waals surface area contributed by atoms with Gasteiger partial charge in [-0.1, -0.05) is 31.8 Å². The van der Waals surface area contributed by atoms with Crippen molar-refractivity contribution in [2.24, 2.45) is 0 Å². The van der Waals surface area contributed by atoms with Gasteiger partial charge in [0.1, 0.15) is 0 Å². The second-order valence-corrected chi connectivity index (χ2v) is 6.39. The standard InChI is InChI=1S/C11H21NO4S.C4H6O4/c1-2-3-4-5-6-7-8-9-10-11(13)12-17(14,15)16;5-3(6)1-2-4(7)8/h2H,1,3-10H2,(H,12,13)(H,14,15,16);1-2H2,(H,5,6)(H,7,8). The molecule has 0 saturated carbocycles. The summed E-state index contributed by atoms with van der Waals surface area (Å²) < 4.78 is 30.4. The van der Waals surface area contributed by atoms with Gasteiger partial charge in [-0.05, 0) is 19.3 Å². The zero-order valence-corrected chi connectivity index (χ0v) is 15.0. The van der Waals surface area contributed by atoms with Crippen LogP contribution in [0.2, 0.25) is 0 Å². The first-order valence-electron chi connectivity index (χ1n) is 7.91. The molecular formula is C15H27NO8S. The average Bonchev–Trinajstić information content (AvgIpc) is 2.47. The number of carbonyl (C=O) groups excluding carboxylic acids is 1. The Morgan fingerprint density at radius 2 is 1.28 bits per heavy atom. The highest BCUT2D eigenvalue weighted by Crippen LogP contribution is 2.08. The Bertz CT molecular complexity index is 502. The van der Waals surface area contributed by atoms with Crippen LogP contribution >= 0.6 is 0 Å². The van der Waals surface area contributed by atoms with Crippen LogP contribution in [0.4, 0.5) is 0 Å². The minimum atomic E-state index is -4.39. The highest BCUT2D eigenvalue weighted by Gasteiger charge is 2.08. The minimum Gasteiger partial charge on any atom is -0.481 e. The van der Waals surface area contributed by atoms with Gasteiger partial charge in [0.15, 0.2) is 0 Å². The van der Waals surface area contributed by atoms with E-state index >= 15 is 0 Å². The van der Waals surface area contributed by atoms with E-state index in [0.717, 1.165) is 38.5 Å². The Morgan fingerprint density at radius 3 is 1.68 bits per heavy atom. The monoisotopic (exact) mass is 381 g/mol. The summed E-state index contributed by atoms with van der Waals surface area (Å²) in [6.07, 6.45) is 8.48. The molecule has 4 N–H and O–H groups in total. The van der Waals surface area contributed by atoms with Crippen LogP contribution in [0.1, 0.15) is 64.2 Å². The number of allylic oxidation sites excluding steroid dienone is 1. The molecule has 0 atom stereocenters. The molecule has 0 rings (SSSR count). The van der Waals surface area contributed by atoms with Crippen molar-refractivity contribution in [3.63, 3.8) is 0 Å². The minimum absolute atomic E-state index is 0.131. The van der Waals surface area contributed by atoms with Crippen molar-refractivity contribution < 1.29 is 37.6 Å². The molecule has 0 bridgehead atoms. The lowest BCUT2D eigenvalue weighted by atomic mass is 10.1. The number of amides is 1. The van der Waals surface area contributed by atoms with Gasteiger partial charge >= 0.3 is 22.2 Å². The van der Waals surface area contributed by atoms with E-state index in [9.17, 15) is 22.8 Å². The van der Waals surface area contributed by atoms with Gasteiger partial charge in [0.25, 0.3) is 0 Å². The number of aliphatic carboxylic acids is 2.